The van der Waals surface area contributed by atoms with Gasteiger partial charge in [0.1, 0.15) is 11.6 Å². The minimum atomic E-state index is -0.283. The second kappa shape index (κ2) is 3.30. The van der Waals surface area contributed by atoms with Crippen molar-refractivity contribution in [1.29, 1.82) is 0 Å². The Morgan fingerprint density at radius 1 is 1.54 bits per heavy atom. The first-order chi connectivity index (χ1) is 6.29. The van der Waals surface area contributed by atoms with Gasteiger partial charge in [0.05, 0.1) is 6.20 Å². The van der Waals surface area contributed by atoms with Gasteiger partial charge >= 0.3 is 0 Å². The molecule has 4 heteroatoms. The quantitative estimate of drug-likeness (QED) is 0.725. The van der Waals surface area contributed by atoms with Crippen molar-refractivity contribution in [2.75, 3.05) is 25.0 Å². The molecule has 0 unspecified atom stereocenters. The molecule has 0 spiro atoms. The van der Waals surface area contributed by atoms with Gasteiger partial charge in [0.2, 0.25) is 0 Å². The Morgan fingerprint density at radius 3 is 2.85 bits per heavy atom. The molecule has 13 heavy (non-hydrogen) atoms. The highest BCUT2D eigenvalue weighted by Crippen LogP contribution is 2.17. The van der Waals surface area contributed by atoms with Crippen molar-refractivity contribution < 1.29 is 4.39 Å². The molecule has 1 fully saturated rings. The van der Waals surface area contributed by atoms with Crippen LogP contribution in [0.2, 0.25) is 0 Å². The number of nitrogens with zero attached hydrogens (tertiary/aromatic N) is 2. The van der Waals surface area contributed by atoms with E-state index in [0.29, 0.717) is 6.04 Å². The topological polar surface area (TPSA) is 28.2 Å². The first kappa shape index (κ1) is 8.44. The zero-order chi connectivity index (χ0) is 9.26. The molecular weight excluding hydrogens is 169 g/mol. The predicted octanol–water partition coefficient (Wildman–Crippen LogP) is 0.629. The van der Waals surface area contributed by atoms with Crippen LogP contribution >= 0.6 is 0 Å². The van der Waals surface area contributed by atoms with Crippen LogP contribution in [0, 0.1) is 5.82 Å². The summed E-state index contributed by atoms with van der Waals surface area (Å²) in [6.45, 7) is 1.91. The van der Waals surface area contributed by atoms with Crippen LogP contribution in [0.1, 0.15) is 0 Å². The van der Waals surface area contributed by atoms with E-state index in [1.54, 1.807) is 6.07 Å². The molecule has 1 aromatic heterocycles. The van der Waals surface area contributed by atoms with Crippen LogP contribution in [-0.2, 0) is 0 Å². The molecule has 1 N–H and O–H groups in total. The Kier molecular flexibility index (Phi) is 2.14. The summed E-state index contributed by atoms with van der Waals surface area (Å²) in [5.41, 5.74) is 0. The summed E-state index contributed by atoms with van der Waals surface area (Å²) in [5.74, 6) is 0.572. The monoisotopic (exact) mass is 181 g/mol. The molecule has 1 aliphatic heterocycles. The number of likely N-dealkylation sites (N-methyl/N-ethyl adjacent to an activating group) is 1. The van der Waals surface area contributed by atoms with E-state index in [9.17, 15) is 4.39 Å². The van der Waals surface area contributed by atoms with Crippen LogP contribution < -0.4 is 10.2 Å². The molecule has 0 atom stereocenters. The van der Waals surface area contributed by atoms with E-state index in [0.717, 1.165) is 18.9 Å². The SMILES string of the molecule is CNC1CN(c2ccc(F)cn2)C1. The van der Waals surface area contributed by atoms with Crippen molar-refractivity contribution in [3.8, 4) is 0 Å². The molecule has 1 aliphatic rings. The van der Waals surface area contributed by atoms with Gasteiger partial charge in [0, 0.05) is 19.1 Å². The highest BCUT2D eigenvalue weighted by molar-refractivity contribution is 5.41. The van der Waals surface area contributed by atoms with E-state index in [-0.39, 0.29) is 5.82 Å². The molecule has 1 aromatic rings. The zero-order valence-electron chi connectivity index (χ0n) is 7.50. The van der Waals surface area contributed by atoms with Crippen molar-refractivity contribution in [1.82, 2.24) is 10.3 Å². The lowest BCUT2D eigenvalue weighted by Crippen LogP contribution is -2.57. The molecule has 1 saturated heterocycles. The molecule has 0 radical (unpaired) electrons. The number of hydrogen-bond acceptors (Lipinski definition) is 3. The fourth-order valence-corrected chi connectivity index (χ4v) is 1.40. The summed E-state index contributed by atoms with van der Waals surface area (Å²) in [7, 11) is 1.94. The van der Waals surface area contributed by atoms with Crippen LogP contribution in [0.3, 0.4) is 0 Å². The maximum absolute atomic E-state index is 12.5. The molecular formula is C9H12FN3. The summed E-state index contributed by atoms with van der Waals surface area (Å²) in [5, 5.41) is 3.17. The average Bonchev–Trinajstić information content (AvgIpc) is 2.06. The second-order valence-electron chi connectivity index (χ2n) is 3.23. The Labute approximate surface area is 76.6 Å². The third kappa shape index (κ3) is 1.62. The lowest BCUT2D eigenvalue weighted by Gasteiger charge is -2.39. The third-order valence-electron chi connectivity index (χ3n) is 2.33. The molecule has 0 amide bonds. The minimum Gasteiger partial charge on any atom is -0.353 e. The zero-order valence-corrected chi connectivity index (χ0v) is 7.50. The van der Waals surface area contributed by atoms with Gasteiger partial charge in [-0.25, -0.2) is 9.37 Å². The Hall–Kier alpha value is -1.16. The first-order valence-corrected chi connectivity index (χ1v) is 4.33. The van der Waals surface area contributed by atoms with E-state index < -0.39 is 0 Å². The van der Waals surface area contributed by atoms with Crippen LogP contribution in [0.5, 0.6) is 0 Å². The average molecular weight is 181 g/mol. The molecule has 0 bridgehead atoms. The second-order valence-corrected chi connectivity index (χ2v) is 3.23. The smallest absolute Gasteiger partial charge is 0.141 e. The van der Waals surface area contributed by atoms with Crippen LogP contribution in [0.4, 0.5) is 10.2 Å². The molecule has 70 valence electrons. The molecule has 2 heterocycles. The number of aromatic nitrogens is 1. The normalized spacial score (nSPS) is 17.2. The molecule has 3 nitrogen and oxygen atoms in total. The largest absolute Gasteiger partial charge is 0.353 e. The molecule has 0 saturated carbocycles. The molecule has 2 rings (SSSR count). The van der Waals surface area contributed by atoms with Crippen molar-refractivity contribution >= 4 is 5.82 Å². The van der Waals surface area contributed by atoms with Crippen molar-refractivity contribution in [2.45, 2.75) is 6.04 Å². The van der Waals surface area contributed by atoms with Gasteiger partial charge in [-0.15, -0.1) is 0 Å². The Morgan fingerprint density at radius 2 is 2.31 bits per heavy atom. The van der Waals surface area contributed by atoms with Crippen LogP contribution in [-0.4, -0.2) is 31.2 Å². The summed E-state index contributed by atoms with van der Waals surface area (Å²) in [6.07, 6.45) is 1.25. The number of rotatable bonds is 2. The summed E-state index contributed by atoms with van der Waals surface area (Å²) in [4.78, 5) is 6.10. The van der Waals surface area contributed by atoms with Gasteiger partial charge in [-0.3, -0.25) is 0 Å². The van der Waals surface area contributed by atoms with Crippen molar-refractivity contribution in [3.63, 3.8) is 0 Å². The highest BCUT2D eigenvalue weighted by atomic mass is 19.1. The van der Waals surface area contributed by atoms with Gasteiger partial charge in [-0.05, 0) is 19.2 Å². The number of hydrogen-bond donors (Lipinski definition) is 1. The van der Waals surface area contributed by atoms with Gasteiger partial charge in [-0.1, -0.05) is 0 Å². The Bertz CT molecular complexity index is 279. The van der Waals surface area contributed by atoms with E-state index in [1.807, 2.05) is 7.05 Å². The van der Waals surface area contributed by atoms with Crippen molar-refractivity contribution in [3.05, 3.63) is 24.1 Å². The first-order valence-electron chi connectivity index (χ1n) is 4.33. The number of nitrogens with one attached hydrogen (secondary N) is 1. The Balaban J connectivity index is 1.99. The fraction of sp³-hybridized carbons (Fsp3) is 0.444. The number of anilines is 1. The minimum absolute atomic E-state index is 0.283. The van der Waals surface area contributed by atoms with Gasteiger partial charge in [-0.2, -0.15) is 0 Å². The molecule has 0 aromatic carbocycles. The third-order valence-corrected chi connectivity index (χ3v) is 2.33. The summed E-state index contributed by atoms with van der Waals surface area (Å²) in [6, 6.07) is 3.70. The number of halogens is 1. The standard InChI is InChI=1S/C9H12FN3/c1-11-8-5-13(6-8)9-3-2-7(10)4-12-9/h2-4,8,11H,5-6H2,1H3. The van der Waals surface area contributed by atoms with E-state index in [2.05, 4.69) is 15.2 Å². The van der Waals surface area contributed by atoms with Gasteiger partial charge in [0.15, 0.2) is 0 Å². The van der Waals surface area contributed by atoms with E-state index >= 15 is 0 Å². The summed E-state index contributed by atoms with van der Waals surface area (Å²) < 4.78 is 12.5. The maximum atomic E-state index is 12.5. The van der Waals surface area contributed by atoms with Crippen LogP contribution in [0.15, 0.2) is 18.3 Å². The lowest BCUT2D eigenvalue weighted by molar-refractivity contribution is 0.446. The van der Waals surface area contributed by atoms with Gasteiger partial charge in [0.25, 0.3) is 0 Å². The molecule has 0 aliphatic carbocycles. The highest BCUT2D eigenvalue weighted by Gasteiger charge is 2.25. The fourth-order valence-electron chi connectivity index (χ4n) is 1.40. The van der Waals surface area contributed by atoms with Crippen LogP contribution in [0.25, 0.3) is 0 Å². The maximum Gasteiger partial charge on any atom is 0.141 e. The lowest BCUT2D eigenvalue weighted by atomic mass is 10.1. The van der Waals surface area contributed by atoms with E-state index in [4.69, 9.17) is 0 Å². The van der Waals surface area contributed by atoms with Gasteiger partial charge < -0.3 is 10.2 Å². The number of pyridine rings is 1. The predicted molar refractivity (Wildman–Crippen MR) is 49.3 cm³/mol. The summed E-state index contributed by atoms with van der Waals surface area (Å²) >= 11 is 0. The van der Waals surface area contributed by atoms with Crippen molar-refractivity contribution in [2.24, 2.45) is 0 Å². The van der Waals surface area contributed by atoms with E-state index in [1.165, 1.54) is 12.3 Å².